The summed E-state index contributed by atoms with van der Waals surface area (Å²) < 4.78 is 4.40. The van der Waals surface area contributed by atoms with Crippen LogP contribution in [0.2, 0.25) is 0 Å². The van der Waals surface area contributed by atoms with Crippen LogP contribution in [0, 0.1) is 29.2 Å². The summed E-state index contributed by atoms with van der Waals surface area (Å²) in [5.74, 6) is 0. The van der Waals surface area contributed by atoms with Crippen molar-refractivity contribution in [3.63, 3.8) is 0 Å². The second kappa shape index (κ2) is 11.4. The SMILES string of the molecule is [C-]#[N+]c1cccc2c1c1ccccc1n2-c1ccccc1-c1ccccc1-c1ccc(C#N)c(-n2c3ccccc3c3cc(C#N)ccc32)c1. The summed E-state index contributed by atoms with van der Waals surface area (Å²) in [5, 5.41) is 24.0. The molecule has 0 aliphatic heterocycles. The van der Waals surface area contributed by atoms with Crippen LogP contribution < -0.4 is 0 Å². The van der Waals surface area contributed by atoms with E-state index in [9.17, 15) is 10.5 Å². The van der Waals surface area contributed by atoms with Gasteiger partial charge in [-0.2, -0.15) is 10.5 Å². The Bertz CT molecular complexity index is 2970. The van der Waals surface area contributed by atoms with Crippen LogP contribution in [0.4, 0.5) is 5.69 Å². The molecule has 5 nitrogen and oxygen atoms in total. The minimum absolute atomic E-state index is 0.555. The van der Waals surface area contributed by atoms with Crippen molar-refractivity contribution in [3.8, 4) is 45.8 Å². The number of hydrogen-bond acceptors (Lipinski definition) is 2. The van der Waals surface area contributed by atoms with Gasteiger partial charge in [0.2, 0.25) is 0 Å². The highest BCUT2D eigenvalue weighted by atomic mass is 15.0. The van der Waals surface area contributed by atoms with Crippen molar-refractivity contribution in [2.24, 2.45) is 0 Å². The molecule has 2 aromatic heterocycles. The molecule has 0 spiro atoms. The van der Waals surface area contributed by atoms with Crippen molar-refractivity contribution in [3.05, 3.63) is 174 Å². The van der Waals surface area contributed by atoms with Crippen molar-refractivity contribution in [1.29, 1.82) is 10.5 Å². The van der Waals surface area contributed by atoms with Crippen LogP contribution in [-0.4, -0.2) is 9.13 Å². The molecule has 0 N–H and O–H groups in total. The van der Waals surface area contributed by atoms with Crippen molar-refractivity contribution < 1.29 is 0 Å². The van der Waals surface area contributed by atoms with Gasteiger partial charge in [0.25, 0.3) is 0 Å². The smallest absolute Gasteiger partial charge is 0.197 e. The van der Waals surface area contributed by atoms with E-state index < -0.39 is 0 Å². The number of nitrogens with zero attached hydrogens (tertiary/aromatic N) is 5. The first kappa shape index (κ1) is 28.8. The Balaban J connectivity index is 1.29. The Hall–Kier alpha value is -7.39. The molecule has 9 aromatic rings. The Kier molecular flexibility index (Phi) is 6.56. The fourth-order valence-electron chi connectivity index (χ4n) is 7.50. The number of benzene rings is 7. The van der Waals surface area contributed by atoms with Gasteiger partial charge in [0.05, 0.1) is 51.7 Å². The van der Waals surface area contributed by atoms with Gasteiger partial charge in [0.15, 0.2) is 5.69 Å². The van der Waals surface area contributed by atoms with Gasteiger partial charge in [-0.3, -0.25) is 0 Å². The summed E-state index contributed by atoms with van der Waals surface area (Å²) in [4.78, 5) is 3.88. The van der Waals surface area contributed by atoms with E-state index in [0.717, 1.165) is 77.2 Å². The van der Waals surface area contributed by atoms with Gasteiger partial charge in [-0.1, -0.05) is 97.1 Å². The van der Waals surface area contributed by atoms with Crippen molar-refractivity contribution >= 4 is 49.3 Å². The molecular formula is C45H25N5. The summed E-state index contributed by atoms with van der Waals surface area (Å²) in [6.07, 6.45) is 0. The number of nitriles is 2. The van der Waals surface area contributed by atoms with Crippen LogP contribution in [0.5, 0.6) is 0 Å². The van der Waals surface area contributed by atoms with E-state index >= 15 is 0 Å². The third kappa shape index (κ3) is 4.24. The van der Waals surface area contributed by atoms with Crippen molar-refractivity contribution in [1.82, 2.24) is 9.13 Å². The molecule has 2 heterocycles. The highest BCUT2D eigenvalue weighted by Crippen LogP contribution is 2.43. The van der Waals surface area contributed by atoms with E-state index in [-0.39, 0.29) is 0 Å². The summed E-state index contributed by atoms with van der Waals surface area (Å²) >= 11 is 0. The molecule has 0 aliphatic carbocycles. The highest BCUT2D eigenvalue weighted by Gasteiger charge is 2.20. The Labute approximate surface area is 288 Å². The third-order valence-electron chi connectivity index (χ3n) is 9.63. The first-order chi connectivity index (χ1) is 24.7. The number of hydrogen-bond donors (Lipinski definition) is 0. The first-order valence-corrected chi connectivity index (χ1v) is 16.3. The molecule has 0 unspecified atom stereocenters. The third-order valence-corrected chi connectivity index (χ3v) is 9.63. The molecule has 0 fully saturated rings. The van der Waals surface area contributed by atoms with Crippen LogP contribution in [0.1, 0.15) is 11.1 Å². The maximum absolute atomic E-state index is 10.4. The number of rotatable bonds is 4. The van der Waals surface area contributed by atoms with Crippen LogP contribution in [-0.2, 0) is 0 Å². The highest BCUT2D eigenvalue weighted by molar-refractivity contribution is 6.15. The lowest BCUT2D eigenvalue weighted by Gasteiger charge is -2.18. The topological polar surface area (TPSA) is 61.8 Å². The molecule has 7 aromatic carbocycles. The molecule has 0 radical (unpaired) electrons. The second-order valence-electron chi connectivity index (χ2n) is 12.2. The zero-order valence-electron chi connectivity index (χ0n) is 26.7. The zero-order chi connectivity index (χ0) is 33.8. The van der Waals surface area contributed by atoms with Gasteiger partial charge < -0.3 is 9.13 Å². The maximum Gasteiger partial charge on any atom is 0.197 e. The zero-order valence-corrected chi connectivity index (χ0v) is 26.7. The van der Waals surface area contributed by atoms with E-state index in [1.807, 2.05) is 72.8 Å². The monoisotopic (exact) mass is 635 g/mol. The average Bonchev–Trinajstić information content (AvgIpc) is 3.70. The van der Waals surface area contributed by atoms with Gasteiger partial charge in [-0.25, -0.2) is 4.85 Å². The van der Waals surface area contributed by atoms with Crippen molar-refractivity contribution in [2.45, 2.75) is 0 Å². The molecule has 9 rings (SSSR count). The molecule has 230 valence electrons. The van der Waals surface area contributed by atoms with Gasteiger partial charge in [-0.05, 0) is 76.7 Å². The van der Waals surface area contributed by atoms with Crippen LogP contribution in [0.25, 0.3) is 82.1 Å². The van der Waals surface area contributed by atoms with E-state index in [4.69, 9.17) is 6.57 Å². The van der Waals surface area contributed by atoms with Gasteiger partial charge >= 0.3 is 0 Å². The van der Waals surface area contributed by atoms with Crippen molar-refractivity contribution in [2.75, 3.05) is 0 Å². The Morgan fingerprint density at radius 3 is 1.90 bits per heavy atom. The lowest BCUT2D eigenvalue weighted by molar-refractivity contribution is 1.17. The quantitative estimate of drug-likeness (QED) is 0.181. The lowest BCUT2D eigenvalue weighted by atomic mass is 9.92. The van der Waals surface area contributed by atoms with Gasteiger partial charge in [-0.15, -0.1) is 0 Å². The van der Waals surface area contributed by atoms with Gasteiger partial charge in [0, 0.05) is 27.2 Å². The Morgan fingerprint density at radius 1 is 0.480 bits per heavy atom. The molecule has 0 saturated heterocycles. The summed E-state index contributed by atoms with van der Waals surface area (Å²) in [6.45, 7) is 7.90. The average molecular weight is 636 g/mol. The van der Waals surface area contributed by atoms with Crippen LogP contribution in [0.3, 0.4) is 0 Å². The minimum Gasteiger partial charge on any atom is -0.310 e. The van der Waals surface area contributed by atoms with E-state index in [2.05, 4.69) is 105 Å². The second-order valence-corrected chi connectivity index (χ2v) is 12.2. The molecular weight excluding hydrogens is 611 g/mol. The number of fused-ring (bicyclic) bond motifs is 6. The van der Waals surface area contributed by atoms with E-state index in [1.54, 1.807) is 0 Å². The summed E-state index contributed by atoms with van der Waals surface area (Å²) in [7, 11) is 0. The normalized spacial score (nSPS) is 11.1. The predicted molar refractivity (Wildman–Crippen MR) is 202 cm³/mol. The lowest BCUT2D eigenvalue weighted by Crippen LogP contribution is -2.00. The fraction of sp³-hybridized carbons (Fsp3) is 0. The summed E-state index contributed by atoms with van der Waals surface area (Å²) in [5.41, 5.74) is 11.6. The molecule has 0 saturated carbocycles. The maximum atomic E-state index is 10.4. The molecule has 0 atom stereocenters. The van der Waals surface area contributed by atoms with E-state index in [1.165, 1.54) is 0 Å². The molecule has 0 bridgehead atoms. The largest absolute Gasteiger partial charge is 0.310 e. The minimum atomic E-state index is 0.555. The molecule has 50 heavy (non-hydrogen) atoms. The predicted octanol–water partition coefficient (Wildman–Crippen LogP) is 11.5. The Morgan fingerprint density at radius 2 is 1.12 bits per heavy atom. The fourth-order valence-corrected chi connectivity index (χ4v) is 7.50. The number of aromatic nitrogens is 2. The standard InChI is InChI=1S/C45H25N5/c1-48-38-16-10-20-43-45(38)36-15-6-9-19-41(36)49(43)39-17-7-4-13-34(39)33-12-3-2-11-32(33)30-22-23-31(28-47)44(26-30)50-40-18-8-5-14-35(40)37-25-29(27-46)21-24-42(37)50/h2-26H. The van der Waals surface area contributed by atoms with Crippen LogP contribution in [0.15, 0.2) is 152 Å². The summed E-state index contributed by atoms with van der Waals surface area (Å²) in [6, 6.07) is 55.6. The molecule has 0 amide bonds. The molecule has 5 heteroatoms. The van der Waals surface area contributed by atoms with E-state index in [0.29, 0.717) is 16.8 Å². The van der Waals surface area contributed by atoms with Gasteiger partial charge in [0.1, 0.15) is 6.07 Å². The van der Waals surface area contributed by atoms with Crippen LogP contribution >= 0.6 is 0 Å². The molecule has 0 aliphatic rings. The first-order valence-electron chi connectivity index (χ1n) is 16.3. The number of para-hydroxylation sites is 3.